The van der Waals surface area contributed by atoms with Gasteiger partial charge in [0.25, 0.3) is 0 Å². The molecule has 0 bridgehead atoms. The highest BCUT2D eigenvalue weighted by Gasteiger charge is 1.92. The van der Waals surface area contributed by atoms with Gasteiger partial charge in [-0.1, -0.05) is 74.1 Å². The zero-order valence-corrected chi connectivity index (χ0v) is 10.2. The number of allylic oxidation sites excluding steroid dienone is 10. The van der Waals surface area contributed by atoms with Gasteiger partial charge in [-0.2, -0.15) is 0 Å². The fourth-order valence-electron chi connectivity index (χ4n) is 0.798. The van der Waals surface area contributed by atoms with Crippen molar-refractivity contribution >= 4 is 0 Å². The van der Waals surface area contributed by atoms with Crippen LogP contribution in [-0.4, -0.2) is 0 Å². The number of hydrogen-bond donors (Lipinski definition) is 0. The summed E-state index contributed by atoms with van der Waals surface area (Å²) in [6, 6.07) is 0. The van der Waals surface area contributed by atoms with E-state index in [9.17, 15) is 0 Å². The summed E-state index contributed by atoms with van der Waals surface area (Å²) in [5.41, 5.74) is 1.32. The Morgan fingerprint density at radius 3 is 1.60 bits per heavy atom. The Hall–Kier alpha value is -1.30. The van der Waals surface area contributed by atoms with Crippen molar-refractivity contribution in [3.63, 3.8) is 0 Å². The van der Waals surface area contributed by atoms with Crippen molar-refractivity contribution in [1.82, 2.24) is 0 Å². The Bertz CT molecular complexity index is 283. The zero-order chi connectivity index (χ0) is 11.5. The van der Waals surface area contributed by atoms with Gasteiger partial charge in [0.05, 0.1) is 0 Å². The second-order valence-electron chi connectivity index (χ2n) is 3.53. The van der Waals surface area contributed by atoms with Crippen LogP contribution in [0.1, 0.15) is 27.7 Å². The van der Waals surface area contributed by atoms with E-state index < -0.39 is 0 Å². The van der Waals surface area contributed by atoms with Crippen LogP contribution in [0.3, 0.4) is 0 Å². The van der Waals surface area contributed by atoms with E-state index in [0.717, 1.165) is 0 Å². The Balaban J connectivity index is 3.95. The van der Waals surface area contributed by atoms with Gasteiger partial charge in [-0.25, -0.2) is 0 Å². The predicted octanol–water partition coefficient (Wildman–Crippen LogP) is 4.79. The molecule has 0 fully saturated rings. The van der Waals surface area contributed by atoms with E-state index in [4.69, 9.17) is 0 Å². The maximum Gasteiger partial charge on any atom is -0.00560 e. The summed E-state index contributed by atoms with van der Waals surface area (Å²) in [6.07, 6.45) is 18.3. The van der Waals surface area contributed by atoms with Crippen LogP contribution in [0.5, 0.6) is 0 Å². The highest BCUT2D eigenvalue weighted by Crippen LogP contribution is 2.09. The highest BCUT2D eigenvalue weighted by molar-refractivity contribution is 5.25. The molecule has 0 rings (SSSR count). The fourth-order valence-corrected chi connectivity index (χ4v) is 0.798. The van der Waals surface area contributed by atoms with Gasteiger partial charge >= 0.3 is 0 Å². The molecule has 0 aliphatic rings. The first-order valence-electron chi connectivity index (χ1n) is 5.28. The van der Waals surface area contributed by atoms with Gasteiger partial charge in [0.1, 0.15) is 0 Å². The third-order valence-corrected chi connectivity index (χ3v) is 1.99. The molecule has 0 aromatic carbocycles. The molecule has 0 nitrogen and oxygen atoms in total. The second kappa shape index (κ2) is 9.26. The summed E-state index contributed by atoms with van der Waals surface area (Å²) in [7, 11) is 0. The molecule has 0 unspecified atom stereocenters. The van der Waals surface area contributed by atoms with Gasteiger partial charge < -0.3 is 0 Å². The summed E-state index contributed by atoms with van der Waals surface area (Å²) in [5, 5.41) is 0. The monoisotopic (exact) mass is 201 g/mol. The van der Waals surface area contributed by atoms with E-state index in [0.29, 0.717) is 0 Å². The van der Waals surface area contributed by atoms with E-state index in [1.165, 1.54) is 11.5 Å². The molecule has 0 aliphatic heterocycles. The van der Waals surface area contributed by atoms with E-state index in [1.807, 2.05) is 49.5 Å². The summed E-state index contributed by atoms with van der Waals surface area (Å²) >= 11 is 0. The second-order valence-corrected chi connectivity index (χ2v) is 3.53. The molecule has 0 aromatic heterocycles. The normalized spacial score (nSPS) is 14.6. The third-order valence-electron chi connectivity index (χ3n) is 1.99. The summed E-state index contributed by atoms with van der Waals surface area (Å²) in [6.45, 7) is 8.37. The molecule has 0 atom stereocenters. The van der Waals surface area contributed by atoms with Crippen molar-refractivity contribution in [3.05, 3.63) is 66.2 Å². The molecular weight excluding hydrogens is 180 g/mol. The standard InChI is InChI=1S/C15H21/c1-5-6-7-8-9-10-11-12-13-15(4)14(2)3/h5-13H,1-4H3. The van der Waals surface area contributed by atoms with Crippen molar-refractivity contribution in [3.8, 4) is 0 Å². The minimum absolute atomic E-state index is 1.32. The Morgan fingerprint density at radius 1 is 0.667 bits per heavy atom. The number of hydrogen-bond acceptors (Lipinski definition) is 0. The molecule has 81 valence electrons. The van der Waals surface area contributed by atoms with Gasteiger partial charge in [0, 0.05) is 0 Å². The molecule has 0 aromatic rings. The van der Waals surface area contributed by atoms with Gasteiger partial charge in [-0.05, 0) is 19.8 Å². The number of rotatable bonds is 5. The highest BCUT2D eigenvalue weighted by atomic mass is 14.0. The quantitative estimate of drug-likeness (QED) is 0.561. The van der Waals surface area contributed by atoms with Crippen LogP contribution in [0, 0.1) is 5.92 Å². The van der Waals surface area contributed by atoms with E-state index in [-0.39, 0.29) is 0 Å². The van der Waals surface area contributed by atoms with Gasteiger partial charge in [-0.15, -0.1) is 0 Å². The first kappa shape index (κ1) is 13.7. The summed E-state index contributed by atoms with van der Waals surface area (Å²) in [5.74, 6) is 1.36. The molecule has 0 saturated carbocycles. The largest absolute Gasteiger partial charge is 0.0877 e. The minimum atomic E-state index is 1.32. The van der Waals surface area contributed by atoms with Gasteiger partial charge in [-0.3, -0.25) is 0 Å². The molecule has 0 saturated heterocycles. The van der Waals surface area contributed by atoms with Crippen LogP contribution < -0.4 is 0 Å². The van der Waals surface area contributed by atoms with Crippen LogP contribution in [-0.2, 0) is 0 Å². The third kappa shape index (κ3) is 9.01. The van der Waals surface area contributed by atoms with Crippen molar-refractivity contribution in [2.75, 3.05) is 0 Å². The summed E-state index contributed by atoms with van der Waals surface area (Å²) < 4.78 is 0. The van der Waals surface area contributed by atoms with E-state index >= 15 is 0 Å². The molecule has 0 amide bonds. The molecular formula is C15H21. The SMILES string of the molecule is CC=CC=CC=CC=CC=C(C)[C](C)C. The minimum Gasteiger partial charge on any atom is -0.0877 e. The Labute approximate surface area is 94.4 Å². The molecule has 0 spiro atoms. The molecule has 0 aliphatic carbocycles. The van der Waals surface area contributed by atoms with Crippen LogP contribution >= 0.6 is 0 Å². The van der Waals surface area contributed by atoms with Crippen molar-refractivity contribution < 1.29 is 0 Å². The van der Waals surface area contributed by atoms with Crippen molar-refractivity contribution in [2.24, 2.45) is 0 Å². The zero-order valence-electron chi connectivity index (χ0n) is 10.2. The molecule has 0 heterocycles. The average molecular weight is 201 g/mol. The molecule has 15 heavy (non-hydrogen) atoms. The van der Waals surface area contributed by atoms with E-state index in [2.05, 4.69) is 32.9 Å². The lowest BCUT2D eigenvalue weighted by molar-refractivity contribution is 1.11. The van der Waals surface area contributed by atoms with Crippen LogP contribution in [0.2, 0.25) is 0 Å². The van der Waals surface area contributed by atoms with E-state index in [1.54, 1.807) is 0 Å². The molecule has 1 radical (unpaired) electrons. The maximum atomic E-state index is 2.12. The predicted molar refractivity (Wildman–Crippen MR) is 70.6 cm³/mol. The fraction of sp³-hybridized carbons (Fsp3) is 0.267. The van der Waals surface area contributed by atoms with Crippen LogP contribution in [0.15, 0.2) is 60.3 Å². The smallest absolute Gasteiger partial charge is 0.00560 e. The van der Waals surface area contributed by atoms with Crippen molar-refractivity contribution in [2.45, 2.75) is 27.7 Å². The van der Waals surface area contributed by atoms with Crippen LogP contribution in [0.25, 0.3) is 0 Å². The van der Waals surface area contributed by atoms with Crippen LogP contribution in [0.4, 0.5) is 0 Å². The Kier molecular flexibility index (Phi) is 8.46. The Morgan fingerprint density at radius 2 is 1.13 bits per heavy atom. The van der Waals surface area contributed by atoms with Gasteiger partial charge in [0.15, 0.2) is 0 Å². The maximum absolute atomic E-state index is 2.12. The first-order valence-corrected chi connectivity index (χ1v) is 5.28. The van der Waals surface area contributed by atoms with Crippen molar-refractivity contribution in [1.29, 1.82) is 0 Å². The lowest BCUT2D eigenvalue weighted by Gasteiger charge is -2.00. The average Bonchev–Trinajstić information content (AvgIpc) is 2.21. The first-order chi connectivity index (χ1) is 7.18. The van der Waals surface area contributed by atoms with Gasteiger partial charge in [0.2, 0.25) is 0 Å². The molecule has 0 N–H and O–H groups in total. The lowest BCUT2D eigenvalue weighted by Crippen LogP contribution is -1.83. The lowest BCUT2D eigenvalue weighted by atomic mass is 10.1. The summed E-state index contributed by atoms with van der Waals surface area (Å²) in [4.78, 5) is 0. The topological polar surface area (TPSA) is 0 Å². The molecule has 0 heteroatoms.